The second-order valence-electron chi connectivity index (χ2n) is 20.0. The minimum absolute atomic E-state index is 0.00609. The molecule has 0 spiro atoms. The Morgan fingerprint density at radius 3 is 1.68 bits per heavy atom. The van der Waals surface area contributed by atoms with Crippen LogP contribution >= 0.6 is 11.3 Å². The summed E-state index contributed by atoms with van der Waals surface area (Å²) in [4.78, 5) is 5.11. The second kappa shape index (κ2) is 13.2. The van der Waals surface area contributed by atoms with Crippen molar-refractivity contribution in [1.82, 2.24) is 0 Å². The summed E-state index contributed by atoms with van der Waals surface area (Å²) in [5.74, 6) is 0. The number of rotatable bonds is 3. The van der Waals surface area contributed by atoms with Crippen molar-refractivity contribution in [1.29, 1.82) is 0 Å². The lowest BCUT2D eigenvalue weighted by Gasteiger charge is -2.45. The van der Waals surface area contributed by atoms with Gasteiger partial charge in [-0.05, 0) is 128 Å². The average molecular weight is 785 g/mol. The molecule has 0 amide bonds. The Hall–Kier alpha value is -5.58. The smallest absolute Gasteiger partial charge is 0.252 e. The molecule has 0 aliphatic carbocycles. The lowest BCUT2D eigenvalue weighted by atomic mass is 9.33. The van der Waals surface area contributed by atoms with Gasteiger partial charge in [0.25, 0.3) is 6.71 Å². The van der Waals surface area contributed by atoms with Gasteiger partial charge in [-0.25, -0.2) is 0 Å². The summed E-state index contributed by atoms with van der Waals surface area (Å²) in [5, 5.41) is 2.66. The minimum atomic E-state index is -0.00851. The summed E-state index contributed by atoms with van der Waals surface area (Å²) in [6, 6.07) is 53.7. The van der Waals surface area contributed by atoms with Crippen LogP contribution in [0.5, 0.6) is 0 Å². The molecular weight excluding hydrogens is 731 g/mol. The highest BCUT2D eigenvalue weighted by atomic mass is 32.1. The summed E-state index contributed by atoms with van der Waals surface area (Å²) in [6.07, 6.45) is 0. The molecule has 4 heteroatoms. The van der Waals surface area contributed by atoms with Crippen LogP contribution < -0.4 is 26.2 Å². The van der Waals surface area contributed by atoms with E-state index in [0.29, 0.717) is 0 Å². The molecule has 59 heavy (non-hydrogen) atoms. The minimum Gasteiger partial charge on any atom is -0.311 e. The van der Waals surface area contributed by atoms with E-state index in [0.717, 1.165) is 0 Å². The average Bonchev–Trinajstić information content (AvgIpc) is 3.58. The van der Waals surface area contributed by atoms with Gasteiger partial charge in [-0.3, -0.25) is 0 Å². The van der Waals surface area contributed by atoms with E-state index in [9.17, 15) is 0 Å². The van der Waals surface area contributed by atoms with Gasteiger partial charge in [-0.2, -0.15) is 0 Å². The molecule has 1 aromatic heterocycles. The fourth-order valence-electron chi connectivity index (χ4n) is 9.50. The van der Waals surface area contributed by atoms with Gasteiger partial charge in [0.1, 0.15) is 0 Å². The van der Waals surface area contributed by atoms with Crippen LogP contribution in [0.15, 0.2) is 140 Å². The molecule has 2 aliphatic heterocycles. The predicted molar refractivity (Wildman–Crippen MR) is 260 cm³/mol. The number of aryl methyl sites for hydroxylation is 1. The molecular formula is C55H53BN2S. The van der Waals surface area contributed by atoms with E-state index in [-0.39, 0.29) is 23.0 Å². The van der Waals surface area contributed by atoms with Crippen molar-refractivity contribution < 1.29 is 0 Å². The Bertz CT molecular complexity index is 2950. The zero-order valence-electron chi connectivity index (χ0n) is 36.2. The molecule has 0 saturated carbocycles. The first-order chi connectivity index (χ1) is 28.1. The first kappa shape index (κ1) is 37.7. The van der Waals surface area contributed by atoms with Crippen LogP contribution in [0, 0.1) is 6.92 Å². The summed E-state index contributed by atoms with van der Waals surface area (Å²) >= 11 is 1.89. The third kappa shape index (κ3) is 6.13. The maximum atomic E-state index is 2.57. The van der Waals surface area contributed by atoms with E-state index < -0.39 is 0 Å². The zero-order valence-corrected chi connectivity index (χ0v) is 37.0. The maximum Gasteiger partial charge on any atom is 0.252 e. The molecule has 0 N–H and O–H groups in total. The quantitative estimate of drug-likeness (QED) is 0.165. The topological polar surface area (TPSA) is 6.48 Å². The predicted octanol–water partition coefficient (Wildman–Crippen LogP) is 14.0. The third-order valence-corrected chi connectivity index (χ3v) is 14.0. The van der Waals surface area contributed by atoms with Crippen molar-refractivity contribution in [2.75, 3.05) is 9.80 Å². The van der Waals surface area contributed by atoms with Gasteiger partial charge in [0.2, 0.25) is 0 Å². The van der Waals surface area contributed by atoms with E-state index >= 15 is 0 Å². The monoisotopic (exact) mass is 784 g/mol. The first-order valence-electron chi connectivity index (χ1n) is 21.2. The van der Waals surface area contributed by atoms with Crippen molar-refractivity contribution in [3.05, 3.63) is 162 Å². The van der Waals surface area contributed by atoms with Crippen LogP contribution in [0.4, 0.5) is 34.1 Å². The van der Waals surface area contributed by atoms with Gasteiger partial charge in [0, 0.05) is 54.3 Å². The summed E-state index contributed by atoms with van der Waals surface area (Å²) in [5.41, 5.74) is 19.4. The van der Waals surface area contributed by atoms with Crippen LogP contribution in [-0.2, 0) is 16.2 Å². The number of thiophene rings is 1. The molecule has 0 radical (unpaired) electrons. The van der Waals surface area contributed by atoms with Crippen molar-refractivity contribution in [2.24, 2.45) is 0 Å². The van der Waals surface area contributed by atoms with Crippen LogP contribution in [0.2, 0.25) is 0 Å². The highest BCUT2D eigenvalue weighted by Gasteiger charge is 2.44. The summed E-state index contributed by atoms with van der Waals surface area (Å²) in [6.45, 7) is 23.2. The van der Waals surface area contributed by atoms with E-state index in [1.807, 2.05) is 11.3 Å². The highest BCUT2D eigenvalue weighted by Crippen LogP contribution is 2.47. The second-order valence-corrected chi connectivity index (χ2v) is 21.0. The Morgan fingerprint density at radius 1 is 0.458 bits per heavy atom. The Kier molecular flexibility index (Phi) is 8.44. The Morgan fingerprint density at radius 2 is 1.02 bits per heavy atom. The SMILES string of the molecule is Cc1cc2c3c(c1)N(c1ccc(-c4cccc5c4sc4ccccc45)cc1)c1cc(C(C)(C)C)ccc1B3c1cc(C(C)(C)C)ccc1N2c1ccc(C(C)(C)C)cc1. The summed E-state index contributed by atoms with van der Waals surface area (Å²) in [7, 11) is 0. The van der Waals surface area contributed by atoms with Gasteiger partial charge in [0.05, 0.1) is 0 Å². The highest BCUT2D eigenvalue weighted by molar-refractivity contribution is 7.26. The number of anilines is 6. The van der Waals surface area contributed by atoms with Crippen molar-refractivity contribution in [2.45, 2.75) is 85.5 Å². The molecule has 2 aliphatic rings. The van der Waals surface area contributed by atoms with Crippen LogP contribution in [0.25, 0.3) is 31.3 Å². The van der Waals surface area contributed by atoms with Crippen LogP contribution in [-0.4, -0.2) is 6.71 Å². The van der Waals surface area contributed by atoms with Crippen LogP contribution in [0.3, 0.4) is 0 Å². The number of hydrogen-bond donors (Lipinski definition) is 0. The molecule has 10 rings (SSSR count). The van der Waals surface area contributed by atoms with E-state index in [1.54, 1.807) is 0 Å². The number of hydrogen-bond acceptors (Lipinski definition) is 3. The standard InChI is InChI=1S/C55H53BN2S/c1-34-30-48-51-49(31-34)58(39-24-18-35(19-25-39)41-15-13-16-43-42-14-11-12-17-50(42)59-52(41)43)47-33-38(55(8,9)10)22-28-44(47)56(51)45-32-37(54(5,6)7)23-29-46(45)57(48)40-26-20-36(21-27-40)53(2,3)4/h11-33H,1-10H3. The van der Waals surface area contributed by atoms with E-state index in [1.165, 1.54) is 104 Å². The first-order valence-corrected chi connectivity index (χ1v) is 22.0. The van der Waals surface area contributed by atoms with Gasteiger partial charge in [-0.15, -0.1) is 11.3 Å². The third-order valence-electron chi connectivity index (χ3n) is 12.8. The van der Waals surface area contributed by atoms with E-state index in [4.69, 9.17) is 0 Å². The molecule has 2 nitrogen and oxygen atoms in total. The Labute approximate surface area is 355 Å². The molecule has 292 valence electrons. The molecule has 0 atom stereocenters. The van der Waals surface area contributed by atoms with Gasteiger partial charge >= 0.3 is 0 Å². The lowest BCUT2D eigenvalue weighted by molar-refractivity contribution is 0.590. The molecule has 3 heterocycles. The lowest BCUT2D eigenvalue weighted by Crippen LogP contribution is -2.61. The van der Waals surface area contributed by atoms with Gasteiger partial charge in [0.15, 0.2) is 0 Å². The van der Waals surface area contributed by atoms with Gasteiger partial charge in [-0.1, -0.05) is 147 Å². The van der Waals surface area contributed by atoms with Crippen molar-refractivity contribution in [3.63, 3.8) is 0 Å². The van der Waals surface area contributed by atoms with Crippen LogP contribution in [0.1, 0.15) is 84.6 Å². The molecule has 0 bridgehead atoms. The molecule has 0 saturated heterocycles. The number of fused-ring (bicyclic) bond motifs is 7. The largest absolute Gasteiger partial charge is 0.311 e. The normalized spacial score (nSPS) is 13.8. The fourth-order valence-corrected chi connectivity index (χ4v) is 10.7. The molecule has 0 unspecified atom stereocenters. The summed E-state index contributed by atoms with van der Waals surface area (Å²) < 4.78 is 2.68. The Balaban J connectivity index is 1.21. The molecule has 0 fully saturated rings. The van der Waals surface area contributed by atoms with Crippen molar-refractivity contribution in [3.8, 4) is 11.1 Å². The fraction of sp³-hybridized carbons (Fsp3) is 0.236. The van der Waals surface area contributed by atoms with Gasteiger partial charge < -0.3 is 9.80 Å². The van der Waals surface area contributed by atoms with Crippen molar-refractivity contribution >= 4 is 88.7 Å². The molecule has 7 aromatic carbocycles. The molecule has 8 aromatic rings. The van der Waals surface area contributed by atoms with E-state index in [2.05, 4.69) is 219 Å². The number of benzene rings is 7. The number of nitrogens with zero attached hydrogens (tertiary/aromatic N) is 2. The maximum absolute atomic E-state index is 2.57. The zero-order chi connectivity index (χ0) is 41.2.